The zero-order chi connectivity index (χ0) is 15.6. The highest BCUT2D eigenvalue weighted by Gasteiger charge is 2.19. The number of rotatable bonds is 4. The molecule has 110 valence electrons. The molecule has 0 aliphatic rings. The Balaban J connectivity index is 2.29. The van der Waals surface area contributed by atoms with E-state index in [1.54, 1.807) is 19.1 Å². The molecule has 4 nitrogen and oxygen atoms in total. The number of nitrogens with zero attached hydrogens (tertiary/aromatic N) is 1. The van der Waals surface area contributed by atoms with E-state index in [0.29, 0.717) is 20.1 Å². The quantitative estimate of drug-likeness (QED) is 0.509. The second kappa shape index (κ2) is 6.53. The van der Waals surface area contributed by atoms with Crippen LogP contribution in [0.15, 0.2) is 39.3 Å². The smallest absolute Gasteiger partial charge is 0.312 e. The largest absolute Gasteiger partial charge is 0.482 e. The van der Waals surface area contributed by atoms with E-state index in [9.17, 15) is 14.5 Å². The van der Waals surface area contributed by atoms with Crippen molar-refractivity contribution < 1.29 is 14.1 Å². The Bertz CT molecular complexity index is 707. The first-order valence-corrected chi connectivity index (χ1v) is 7.48. The van der Waals surface area contributed by atoms with Crippen LogP contribution in [0, 0.1) is 22.9 Å². The van der Waals surface area contributed by atoms with Gasteiger partial charge in [-0.2, -0.15) is 0 Å². The van der Waals surface area contributed by atoms with E-state index in [0.717, 1.165) is 0 Å². The molecule has 0 saturated carbocycles. The number of hydrogen-bond acceptors (Lipinski definition) is 3. The van der Waals surface area contributed by atoms with Gasteiger partial charge >= 0.3 is 5.69 Å². The number of nitro benzene ring substituents is 1. The zero-order valence-corrected chi connectivity index (χ0v) is 14.1. The highest BCUT2D eigenvalue weighted by molar-refractivity contribution is 9.10. The summed E-state index contributed by atoms with van der Waals surface area (Å²) in [5, 5.41) is 11.1. The predicted molar refractivity (Wildman–Crippen MR) is 84.0 cm³/mol. The van der Waals surface area contributed by atoms with Crippen molar-refractivity contribution in [3.05, 3.63) is 66.3 Å². The number of ether oxygens (including phenoxy) is 1. The zero-order valence-electron chi connectivity index (χ0n) is 10.9. The molecule has 0 atom stereocenters. The van der Waals surface area contributed by atoms with Crippen molar-refractivity contribution >= 4 is 37.5 Å². The molecule has 2 aromatic carbocycles. The lowest BCUT2D eigenvalue weighted by Gasteiger charge is -2.11. The number of benzene rings is 2. The summed E-state index contributed by atoms with van der Waals surface area (Å²) in [6.07, 6.45) is 0. The third-order valence-corrected chi connectivity index (χ3v) is 4.00. The van der Waals surface area contributed by atoms with Crippen molar-refractivity contribution in [3.63, 3.8) is 0 Å². The van der Waals surface area contributed by atoms with Crippen LogP contribution in [-0.4, -0.2) is 4.92 Å². The Hall–Kier alpha value is -1.47. The minimum atomic E-state index is -0.493. The third-order valence-electron chi connectivity index (χ3n) is 2.80. The van der Waals surface area contributed by atoms with E-state index in [2.05, 4.69) is 31.9 Å². The van der Waals surface area contributed by atoms with Gasteiger partial charge in [0.05, 0.1) is 4.92 Å². The maximum absolute atomic E-state index is 13.0. The number of halogens is 3. The molecule has 0 amide bonds. The first-order valence-electron chi connectivity index (χ1n) is 5.89. The molecule has 0 aromatic heterocycles. The fourth-order valence-corrected chi connectivity index (χ4v) is 2.85. The Kier molecular flexibility index (Phi) is 4.95. The first-order chi connectivity index (χ1) is 9.88. The minimum absolute atomic E-state index is 0.101. The van der Waals surface area contributed by atoms with E-state index in [1.807, 2.05) is 0 Å². The van der Waals surface area contributed by atoms with Crippen LogP contribution in [0.2, 0.25) is 0 Å². The standard InChI is InChI=1S/C14H10Br2FNO3/c1-8-4-10(15)5-13(18(19)20)14(8)21-7-9-2-3-11(17)6-12(9)16/h2-6H,7H2,1H3. The van der Waals surface area contributed by atoms with Gasteiger partial charge in [0.1, 0.15) is 12.4 Å². The predicted octanol–water partition coefficient (Wildman–Crippen LogP) is 5.15. The van der Waals surface area contributed by atoms with Crippen molar-refractivity contribution in [2.45, 2.75) is 13.5 Å². The molecule has 0 N–H and O–H groups in total. The van der Waals surface area contributed by atoms with Gasteiger partial charge in [0.15, 0.2) is 5.75 Å². The van der Waals surface area contributed by atoms with Gasteiger partial charge in [-0.3, -0.25) is 10.1 Å². The van der Waals surface area contributed by atoms with Crippen LogP contribution < -0.4 is 4.74 Å². The SMILES string of the molecule is Cc1cc(Br)cc([N+](=O)[O-])c1OCc1ccc(F)cc1Br. The monoisotopic (exact) mass is 417 g/mol. The average Bonchev–Trinajstić information content (AvgIpc) is 2.38. The lowest BCUT2D eigenvalue weighted by atomic mass is 10.2. The summed E-state index contributed by atoms with van der Waals surface area (Å²) in [5.74, 6) is -0.157. The summed E-state index contributed by atoms with van der Waals surface area (Å²) in [6, 6.07) is 7.33. The molecular weight excluding hydrogens is 409 g/mol. The molecule has 7 heteroatoms. The van der Waals surface area contributed by atoms with Crippen LogP contribution in [0.25, 0.3) is 0 Å². The van der Waals surface area contributed by atoms with Gasteiger partial charge in [0.2, 0.25) is 0 Å². The molecule has 0 aliphatic heterocycles. The molecule has 2 aromatic rings. The minimum Gasteiger partial charge on any atom is -0.482 e. The fourth-order valence-electron chi connectivity index (χ4n) is 1.82. The summed E-state index contributed by atoms with van der Waals surface area (Å²) in [4.78, 5) is 10.6. The van der Waals surface area contributed by atoms with Gasteiger partial charge < -0.3 is 4.74 Å². The lowest BCUT2D eigenvalue weighted by Crippen LogP contribution is -2.02. The highest BCUT2D eigenvalue weighted by Crippen LogP contribution is 2.35. The molecule has 0 fully saturated rings. The van der Waals surface area contributed by atoms with E-state index in [-0.39, 0.29) is 23.9 Å². The van der Waals surface area contributed by atoms with Gasteiger partial charge in [-0.15, -0.1) is 0 Å². The second-order valence-electron chi connectivity index (χ2n) is 4.35. The fraction of sp³-hybridized carbons (Fsp3) is 0.143. The van der Waals surface area contributed by atoms with Crippen molar-refractivity contribution in [2.75, 3.05) is 0 Å². The van der Waals surface area contributed by atoms with Crippen molar-refractivity contribution in [1.82, 2.24) is 0 Å². The molecule has 2 rings (SSSR count). The Labute approximate surface area is 137 Å². The van der Waals surface area contributed by atoms with Crippen LogP contribution in [0.3, 0.4) is 0 Å². The van der Waals surface area contributed by atoms with Crippen LogP contribution in [-0.2, 0) is 6.61 Å². The Morgan fingerprint density at radius 2 is 2.00 bits per heavy atom. The Morgan fingerprint density at radius 3 is 2.62 bits per heavy atom. The molecular formula is C14H10Br2FNO3. The van der Waals surface area contributed by atoms with E-state index >= 15 is 0 Å². The molecule has 0 bridgehead atoms. The maximum Gasteiger partial charge on any atom is 0.312 e. The van der Waals surface area contributed by atoms with Crippen molar-refractivity contribution in [2.24, 2.45) is 0 Å². The topological polar surface area (TPSA) is 52.4 Å². The van der Waals surface area contributed by atoms with Gasteiger partial charge in [-0.05, 0) is 30.7 Å². The molecule has 0 heterocycles. The van der Waals surface area contributed by atoms with E-state index < -0.39 is 4.92 Å². The molecule has 0 saturated heterocycles. The van der Waals surface area contributed by atoms with Crippen LogP contribution in [0.1, 0.15) is 11.1 Å². The molecule has 0 radical (unpaired) electrons. The third kappa shape index (κ3) is 3.79. The van der Waals surface area contributed by atoms with E-state index in [1.165, 1.54) is 18.2 Å². The van der Waals surface area contributed by atoms with Crippen molar-refractivity contribution in [3.8, 4) is 5.75 Å². The maximum atomic E-state index is 13.0. The summed E-state index contributed by atoms with van der Waals surface area (Å²) in [6.45, 7) is 1.83. The van der Waals surface area contributed by atoms with Crippen LogP contribution in [0.5, 0.6) is 5.75 Å². The summed E-state index contributed by atoms with van der Waals surface area (Å²) >= 11 is 6.46. The number of aryl methyl sites for hydroxylation is 1. The first kappa shape index (κ1) is 15.9. The highest BCUT2D eigenvalue weighted by atomic mass is 79.9. The summed E-state index contributed by atoms with van der Waals surface area (Å²) < 4.78 is 19.8. The summed E-state index contributed by atoms with van der Waals surface area (Å²) in [7, 11) is 0. The average molecular weight is 419 g/mol. The molecule has 21 heavy (non-hydrogen) atoms. The van der Waals surface area contributed by atoms with Gasteiger partial charge in [-0.25, -0.2) is 4.39 Å². The van der Waals surface area contributed by atoms with Crippen molar-refractivity contribution in [1.29, 1.82) is 0 Å². The van der Waals surface area contributed by atoms with Crippen LogP contribution in [0.4, 0.5) is 10.1 Å². The Morgan fingerprint density at radius 1 is 1.29 bits per heavy atom. The lowest BCUT2D eigenvalue weighted by molar-refractivity contribution is -0.386. The van der Waals surface area contributed by atoms with Gasteiger partial charge in [0, 0.05) is 20.6 Å². The summed E-state index contributed by atoms with van der Waals surface area (Å²) in [5.41, 5.74) is 1.24. The number of nitro groups is 1. The normalized spacial score (nSPS) is 10.5. The van der Waals surface area contributed by atoms with E-state index in [4.69, 9.17) is 4.74 Å². The second-order valence-corrected chi connectivity index (χ2v) is 6.12. The molecule has 0 spiro atoms. The van der Waals surface area contributed by atoms with Gasteiger partial charge in [-0.1, -0.05) is 37.9 Å². The van der Waals surface area contributed by atoms with Gasteiger partial charge in [0.25, 0.3) is 0 Å². The molecule has 0 aliphatic carbocycles. The van der Waals surface area contributed by atoms with Crippen LogP contribution >= 0.6 is 31.9 Å². The number of hydrogen-bond donors (Lipinski definition) is 0. The molecule has 0 unspecified atom stereocenters.